The van der Waals surface area contributed by atoms with Crippen LogP contribution in [0.15, 0.2) is 27.6 Å². The summed E-state index contributed by atoms with van der Waals surface area (Å²) >= 11 is 2.96. The van der Waals surface area contributed by atoms with E-state index in [4.69, 9.17) is 5.11 Å². The molecule has 0 radical (unpaired) electrons. The molecule has 2 N–H and O–H groups in total. The van der Waals surface area contributed by atoms with E-state index >= 15 is 0 Å². The van der Waals surface area contributed by atoms with Crippen molar-refractivity contribution < 1.29 is 22.7 Å². The summed E-state index contributed by atoms with van der Waals surface area (Å²) in [6.45, 7) is 0. The minimum Gasteiger partial charge on any atom is -0.481 e. The molecule has 0 bridgehead atoms. The number of rotatable bonds is 4. The normalized spacial score (nSPS) is 23.0. The van der Waals surface area contributed by atoms with E-state index in [9.17, 15) is 17.6 Å². The van der Waals surface area contributed by atoms with Crippen LogP contribution in [-0.2, 0) is 14.8 Å². The Balaban J connectivity index is 2.09. The maximum atomic E-state index is 13.9. The monoisotopic (exact) mass is 379 g/mol. The zero-order valence-electron chi connectivity index (χ0n) is 11.1. The number of carboxylic acids is 1. The van der Waals surface area contributed by atoms with Crippen molar-refractivity contribution in [2.75, 3.05) is 0 Å². The van der Waals surface area contributed by atoms with Gasteiger partial charge in [-0.05, 0) is 53.7 Å². The van der Waals surface area contributed by atoms with E-state index in [2.05, 4.69) is 20.7 Å². The van der Waals surface area contributed by atoms with Crippen LogP contribution < -0.4 is 4.72 Å². The number of carbonyl (C=O) groups is 1. The standard InChI is InChI=1S/C13H15BrFNO4S/c14-10-2-1-3-11(12(10)15)21(19,20)16-9-6-4-8(5-7-9)13(17)18/h1-3,8-9,16H,4-7H2,(H,17,18). The predicted molar refractivity (Wildman–Crippen MR) is 77.8 cm³/mol. The minimum absolute atomic E-state index is 0.0833. The lowest BCUT2D eigenvalue weighted by Crippen LogP contribution is -2.39. The minimum atomic E-state index is -3.95. The summed E-state index contributed by atoms with van der Waals surface area (Å²) in [5.74, 6) is -2.10. The van der Waals surface area contributed by atoms with Crippen molar-refractivity contribution in [3.8, 4) is 0 Å². The third-order valence-electron chi connectivity index (χ3n) is 3.60. The summed E-state index contributed by atoms with van der Waals surface area (Å²) in [4.78, 5) is 10.5. The molecule has 1 aliphatic rings. The van der Waals surface area contributed by atoms with E-state index in [1.807, 2.05) is 0 Å². The number of hydrogen-bond acceptors (Lipinski definition) is 3. The number of aliphatic carboxylic acids is 1. The Morgan fingerprint density at radius 3 is 2.48 bits per heavy atom. The fraction of sp³-hybridized carbons (Fsp3) is 0.462. The number of halogens is 2. The Labute approximate surface area is 130 Å². The lowest BCUT2D eigenvalue weighted by molar-refractivity contribution is -0.142. The molecular formula is C13H15BrFNO4S. The van der Waals surface area contributed by atoms with E-state index in [0.717, 1.165) is 0 Å². The summed E-state index contributed by atoms with van der Waals surface area (Å²) in [5.41, 5.74) is 0. The molecule has 0 unspecified atom stereocenters. The highest BCUT2D eigenvalue weighted by atomic mass is 79.9. The van der Waals surface area contributed by atoms with Gasteiger partial charge >= 0.3 is 5.97 Å². The van der Waals surface area contributed by atoms with Crippen LogP contribution in [0.1, 0.15) is 25.7 Å². The molecule has 0 atom stereocenters. The Bertz CT molecular complexity index is 642. The third kappa shape index (κ3) is 3.81. The van der Waals surface area contributed by atoms with Gasteiger partial charge in [0.15, 0.2) is 5.82 Å². The van der Waals surface area contributed by atoms with Crippen molar-refractivity contribution in [3.05, 3.63) is 28.5 Å². The molecule has 5 nitrogen and oxygen atoms in total. The fourth-order valence-corrected chi connectivity index (χ4v) is 4.34. The molecule has 0 saturated heterocycles. The second-order valence-corrected chi connectivity index (χ2v) is 7.60. The van der Waals surface area contributed by atoms with Gasteiger partial charge in [-0.3, -0.25) is 4.79 Å². The van der Waals surface area contributed by atoms with Crippen LogP contribution in [0.5, 0.6) is 0 Å². The summed E-state index contributed by atoms with van der Waals surface area (Å²) in [5, 5.41) is 8.91. The molecule has 0 aliphatic heterocycles. The van der Waals surface area contributed by atoms with Crippen LogP contribution in [0.4, 0.5) is 4.39 Å². The van der Waals surface area contributed by atoms with Crippen LogP contribution in [0.25, 0.3) is 0 Å². The van der Waals surface area contributed by atoms with Gasteiger partial charge in [0.25, 0.3) is 0 Å². The first-order valence-electron chi connectivity index (χ1n) is 6.50. The molecule has 0 spiro atoms. The first kappa shape index (κ1) is 16.4. The quantitative estimate of drug-likeness (QED) is 0.841. The van der Waals surface area contributed by atoms with Gasteiger partial charge in [0.1, 0.15) is 4.90 Å². The number of hydrogen-bond donors (Lipinski definition) is 2. The van der Waals surface area contributed by atoms with Gasteiger partial charge in [0.05, 0.1) is 10.4 Å². The molecule has 0 amide bonds. The highest BCUT2D eigenvalue weighted by Crippen LogP contribution is 2.27. The maximum Gasteiger partial charge on any atom is 0.306 e. The van der Waals surface area contributed by atoms with Crippen molar-refractivity contribution in [1.29, 1.82) is 0 Å². The van der Waals surface area contributed by atoms with Crippen molar-refractivity contribution >= 4 is 31.9 Å². The molecule has 2 rings (SSSR count). The first-order chi connectivity index (χ1) is 9.81. The summed E-state index contributed by atoms with van der Waals surface area (Å²) in [6.07, 6.45) is 1.71. The Morgan fingerprint density at radius 2 is 1.90 bits per heavy atom. The van der Waals surface area contributed by atoms with Crippen LogP contribution in [0, 0.1) is 11.7 Å². The summed E-state index contributed by atoms with van der Waals surface area (Å²) in [7, 11) is -3.95. The van der Waals surface area contributed by atoms with Crippen LogP contribution in [0.2, 0.25) is 0 Å². The molecule has 8 heteroatoms. The molecule has 1 aromatic carbocycles. The van der Waals surface area contributed by atoms with Crippen molar-refractivity contribution in [1.82, 2.24) is 4.72 Å². The molecule has 0 heterocycles. The first-order valence-corrected chi connectivity index (χ1v) is 8.78. The Hall–Kier alpha value is -0.990. The smallest absolute Gasteiger partial charge is 0.306 e. The highest BCUT2D eigenvalue weighted by molar-refractivity contribution is 9.10. The van der Waals surface area contributed by atoms with E-state index in [-0.39, 0.29) is 10.5 Å². The van der Waals surface area contributed by atoms with Crippen molar-refractivity contribution in [2.24, 2.45) is 5.92 Å². The molecule has 1 aliphatic carbocycles. The molecule has 1 saturated carbocycles. The second-order valence-electron chi connectivity index (χ2n) is 5.06. The van der Waals surface area contributed by atoms with Gasteiger partial charge in [-0.1, -0.05) is 6.07 Å². The topological polar surface area (TPSA) is 83.5 Å². The summed E-state index contributed by atoms with van der Waals surface area (Å²) in [6, 6.07) is 3.71. The van der Waals surface area contributed by atoms with Crippen LogP contribution in [-0.4, -0.2) is 25.5 Å². The van der Waals surface area contributed by atoms with E-state index < -0.39 is 32.6 Å². The van der Waals surface area contributed by atoms with E-state index in [1.54, 1.807) is 0 Å². The van der Waals surface area contributed by atoms with Crippen molar-refractivity contribution in [3.63, 3.8) is 0 Å². The average Bonchev–Trinajstić information content (AvgIpc) is 2.41. The van der Waals surface area contributed by atoms with Gasteiger partial charge in [-0.2, -0.15) is 0 Å². The SMILES string of the molecule is O=C(O)C1CCC(NS(=O)(=O)c2cccc(Br)c2F)CC1. The lowest BCUT2D eigenvalue weighted by atomic mass is 9.87. The average molecular weight is 380 g/mol. The zero-order valence-corrected chi connectivity index (χ0v) is 13.5. The maximum absolute atomic E-state index is 13.9. The molecule has 1 fully saturated rings. The number of nitrogens with one attached hydrogen (secondary N) is 1. The van der Waals surface area contributed by atoms with E-state index in [1.165, 1.54) is 18.2 Å². The lowest BCUT2D eigenvalue weighted by Gasteiger charge is -2.26. The molecule has 1 aromatic rings. The van der Waals surface area contributed by atoms with Gasteiger partial charge in [0, 0.05) is 6.04 Å². The van der Waals surface area contributed by atoms with Gasteiger partial charge in [0.2, 0.25) is 10.0 Å². The number of sulfonamides is 1. The van der Waals surface area contributed by atoms with Gasteiger partial charge in [-0.15, -0.1) is 0 Å². The van der Waals surface area contributed by atoms with Gasteiger partial charge in [-0.25, -0.2) is 17.5 Å². The number of carboxylic acid groups (broad SMARTS) is 1. The van der Waals surface area contributed by atoms with Crippen LogP contribution in [0.3, 0.4) is 0 Å². The van der Waals surface area contributed by atoms with Crippen LogP contribution >= 0.6 is 15.9 Å². The molecule has 116 valence electrons. The number of benzene rings is 1. The second kappa shape index (κ2) is 6.41. The fourth-order valence-electron chi connectivity index (χ4n) is 2.43. The Kier molecular flexibility index (Phi) is 5.00. The van der Waals surface area contributed by atoms with Gasteiger partial charge < -0.3 is 5.11 Å². The molecular weight excluding hydrogens is 365 g/mol. The highest BCUT2D eigenvalue weighted by Gasteiger charge is 2.30. The molecule has 0 aromatic heterocycles. The third-order valence-corrected chi connectivity index (χ3v) is 5.75. The summed E-state index contributed by atoms with van der Waals surface area (Å²) < 4.78 is 40.8. The zero-order chi connectivity index (χ0) is 15.6. The van der Waals surface area contributed by atoms with Crippen molar-refractivity contribution in [2.45, 2.75) is 36.6 Å². The Morgan fingerprint density at radius 1 is 1.29 bits per heavy atom. The predicted octanol–water partition coefficient (Wildman–Crippen LogP) is 2.51. The largest absolute Gasteiger partial charge is 0.481 e. The van der Waals surface area contributed by atoms with E-state index in [0.29, 0.717) is 25.7 Å². The molecule has 21 heavy (non-hydrogen) atoms.